The fourth-order valence-corrected chi connectivity index (χ4v) is 1.02. The van der Waals surface area contributed by atoms with E-state index in [9.17, 15) is 4.79 Å². The summed E-state index contributed by atoms with van der Waals surface area (Å²) in [6.45, 7) is 4.00. The van der Waals surface area contributed by atoms with Crippen molar-refractivity contribution in [1.82, 2.24) is 4.98 Å². The number of nitrogens with two attached hydrogens (primary N) is 1. The van der Waals surface area contributed by atoms with Crippen molar-refractivity contribution >= 4 is 22.3 Å². The Morgan fingerprint density at radius 3 is 2.58 bits per heavy atom. The van der Waals surface area contributed by atoms with E-state index in [0.29, 0.717) is 5.00 Å². The molecule has 1 rings (SSSR count). The number of anilines is 1. The molecule has 0 aliphatic carbocycles. The first-order valence-corrected chi connectivity index (χ1v) is 4.41. The highest BCUT2D eigenvalue weighted by Crippen LogP contribution is 2.15. The number of ether oxygens (including phenoxy) is 1. The molecule has 0 radical (unpaired) electrons. The summed E-state index contributed by atoms with van der Waals surface area (Å²) < 4.78 is 4.40. The summed E-state index contributed by atoms with van der Waals surface area (Å²) in [5.41, 5.74) is 7.08. The number of thiazole rings is 1. The van der Waals surface area contributed by atoms with E-state index in [-0.39, 0.29) is 5.69 Å². The SMILES string of the molecule is CC.COC(=O)c1ncsc1N. The minimum Gasteiger partial charge on any atom is -0.464 e. The van der Waals surface area contributed by atoms with Crippen LogP contribution >= 0.6 is 11.3 Å². The van der Waals surface area contributed by atoms with Gasteiger partial charge in [-0.2, -0.15) is 0 Å². The summed E-state index contributed by atoms with van der Waals surface area (Å²) in [5, 5.41) is 0.395. The Labute approximate surface area is 75.4 Å². The molecule has 0 saturated carbocycles. The Morgan fingerprint density at radius 1 is 1.67 bits per heavy atom. The van der Waals surface area contributed by atoms with Crippen molar-refractivity contribution in [2.45, 2.75) is 13.8 Å². The smallest absolute Gasteiger partial charge is 0.359 e. The molecule has 0 fully saturated rings. The lowest BCUT2D eigenvalue weighted by atomic mass is 10.5. The molecule has 0 saturated heterocycles. The molecule has 1 aromatic rings. The molecule has 5 heteroatoms. The lowest BCUT2D eigenvalue weighted by Crippen LogP contribution is -2.03. The standard InChI is InChI=1S/C5H6N2O2S.C2H6/c1-9-5(8)3-4(6)10-2-7-3;1-2/h2H,6H2,1H3;1-2H3. The van der Waals surface area contributed by atoms with Gasteiger partial charge in [-0.25, -0.2) is 9.78 Å². The highest BCUT2D eigenvalue weighted by Gasteiger charge is 2.11. The predicted octanol–water partition coefficient (Wildman–Crippen LogP) is 1.54. The van der Waals surface area contributed by atoms with Crippen LogP contribution in [0.4, 0.5) is 5.00 Å². The van der Waals surface area contributed by atoms with Crippen LogP contribution in [0, 0.1) is 0 Å². The van der Waals surface area contributed by atoms with E-state index in [1.165, 1.54) is 24.0 Å². The molecule has 0 bridgehead atoms. The quantitative estimate of drug-likeness (QED) is 0.679. The number of rotatable bonds is 1. The number of carbonyl (C=O) groups excluding carboxylic acids is 1. The van der Waals surface area contributed by atoms with Crippen LogP contribution in [0.1, 0.15) is 24.3 Å². The zero-order valence-electron chi connectivity index (χ0n) is 7.33. The number of esters is 1. The molecule has 68 valence electrons. The van der Waals surface area contributed by atoms with Crippen LogP contribution in [0.25, 0.3) is 0 Å². The van der Waals surface area contributed by atoms with E-state index in [2.05, 4.69) is 9.72 Å². The maximum Gasteiger partial charge on any atom is 0.359 e. The monoisotopic (exact) mass is 188 g/mol. The molecule has 4 nitrogen and oxygen atoms in total. The normalized spacial score (nSPS) is 8.25. The molecule has 0 aliphatic rings. The molecule has 0 unspecified atom stereocenters. The molecular formula is C7H12N2O2S. The van der Waals surface area contributed by atoms with Gasteiger partial charge in [0.25, 0.3) is 0 Å². The van der Waals surface area contributed by atoms with Gasteiger partial charge < -0.3 is 10.5 Å². The van der Waals surface area contributed by atoms with Crippen molar-refractivity contribution < 1.29 is 9.53 Å². The third-order valence-electron chi connectivity index (χ3n) is 0.974. The van der Waals surface area contributed by atoms with Crippen molar-refractivity contribution in [1.29, 1.82) is 0 Å². The Morgan fingerprint density at radius 2 is 2.25 bits per heavy atom. The van der Waals surface area contributed by atoms with Crippen molar-refractivity contribution in [3.63, 3.8) is 0 Å². The lowest BCUT2D eigenvalue weighted by molar-refractivity contribution is 0.0596. The van der Waals surface area contributed by atoms with Crippen LogP contribution in [0.5, 0.6) is 0 Å². The fourth-order valence-electron chi connectivity index (χ4n) is 0.505. The maximum absolute atomic E-state index is 10.7. The second-order valence-electron chi connectivity index (χ2n) is 1.56. The summed E-state index contributed by atoms with van der Waals surface area (Å²) >= 11 is 1.21. The van der Waals surface area contributed by atoms with Crippen LogP contribution in [0.2, 0.25) is 0 Å². The largest absolute Gasteiger partial charge is 0.464 e. The lowest BCUT2D eigenvalue weighted by Gasteiger charge is -1.92. The van der Waals surface area contributed by atoms with E-state index >= 15 is 0 Å². The third kappa shape index (κ3) is 2.50. The van der Waals surface area contributed by atoms with E-state index in [1.54, 1.807) is 0 Å². The number of methoxy groups -OCH3 is 1. The molecule has 0 aliphatic heterocycles. The summed E-state index contributed by atoms with van der Waals surface area (Å²) in [5.74, 6) is -0.487. The van der Waals surface area contributed by atoms with Gasteiger partial charge in [0.2, 0.25) is 0 Å². The molecule has 0 spiro atoms. The average molecular weight is 188 g/mol. The Balaban J connectivity index is 0.000000561. The molecule has 0 amide bonds. The number of hydrogen-bond acceptors (Lipinski definition) is 5. The van der Waals surface area contributed by atoms with Gasteiger partial charge in [0.05, 0.1) is 12.6 Å². The van der Waals surface area contributed by atoms with E-state index < -0.39 is 5.97 Å². The second-order valence-corrected chi connectivity index (χ2v) is 2.44. The molecule has 2 N–H and O–H groups in total. The minimum absolute atomic E-state index is 0.201. The number of nitrogen functional groups attached to an aromatic ring is 1. The Kier molecular flexibility index (Phi) is 5.03. The van der Waals surface area contributed by atoms with Gasteiger partial charge in [-0.1, -0.05) is 13.8 Å². The van der Waals surface area contributed by atoms with Gasteiger partial charge in [-0.3, -0.25) is 0 Å². The minimum atomic E-state index is -0.487. The van der Waals surface area contributed by atoms with Crippen LogP contribution in [-0.4, -0.2) is 18.1 Å². The fraction of sp³-hybridized carbons (Fsp3) is 0.429. The van der Waals surface area contributed by atoms with E-state index in [1.807, 2.05) is 13.8 Å². The predicted molar refractivity (Wildman–Crippen MR) is 49.2 cm³/mol. The molecule has 0 aromatic carbocycles. The second kappa shape index (κ2) is 5.54. The number of nitrogens with zero attached hydrogens (tertiary/aromatic N) is 1. The first-order chi connectivity index (χ1) is 5.75. The van der Waals surface area contributed by atoms with Gasteiger partial charge in [0, 0.05) is 0 Å². The van der Waals surface area contributed by atoms with Crippen molar-refractivity contribution in [2.75, 3.05) is 12.8 Å². The summed E-state index contributed by atoms with van der Waals surface area (Å²) in [6, 6.07) is 0. The van der Waals surface area contributed by atoms with Crippen LogP contribution in [0.3, 0.4) is 0 Å². The van der Waals surface area contributed by atoms with Gasteiger partial charge in [-0.05, 0) is 0 Å². The Bertz CT molecular complexity index is 247. The highest BCUT2D eigenvalue weighted by molar-refractivity contribution is 7.14. The van der Waals surface area contributed by atoms with Gasteiger partial charge in [-0.15, -0.1) is 11.3 Å². The van der Waals surface area contributed by atoms with E-state index in [0.717, 1.165) is 0 Å². The topological polar surface area (TPSA) is 65.2 Å². The number of carbonyl (C=O) groups is 1. The zero-order chi connectivity index (χ0) is 9.56. The first-order valence-electron chi connectivity index (χ1n) is 3.53. The van der Waals surface area contributed by atoms with Crippen LogP contribution in [-0.2, 0) is 4.74 Å². The molecule has 12 heavy (non-hydrogen) atoms. The van der Waals surface area contributed by atoms with Gasteiger partial charge >= 0.3 is 5.97 Å². The highest BCUT2D eigenvalue weighted by atomic mass is 32.1. The molecule has 1 aromatic heterocycles. The van der Waals surface area contributed by atoms with Gasteiger partial charge in [0.1, 0.15) is 5.00 Å². The van der Waals surface area contributed by atoms with Crippen molar-refractivity contribution in [3.8, 4) is 0 Å². The molecule has 0 atom stereocenters. The van der Waals surface area contributed by atoms with E-state index in [4.69, 9.17) is 5.73 Å². The molecular weight excluding hydrogens is 176 g/mol. The first kappa shape index (κ1) is 10.9. The van der Waals surface area contributed by atoms with Crippen molar-refractivity contribution in [2.24, 2.45) is 0 Å². The third-order valence-corrected chi connectivity index (χ3v) is 1.63. The van der Waals surface area contributed by atoms with Crippen molar-refractivity contribution in [3.05, 3.63) is 11.2 Å². The summed E-state index contributed by atoms with van der Waals surface area (Å²) in [4.78, 5) is 14.4. The molecule has 1 heterocycles. The average Bonchev–Trinajstić information content (AvgIpc) is 2.54. The Hall–Kier alpha value is -1.10. The number of hydrogen-bond donors (Lipinski definition) is 1. The maximum atomic E-state index is 10.7. The summed E-state index contributed by atoms with van der Waals surface area (Å²) in [6.07, 6.45) is 0. The number of aromatic nitrogens is 1. The summed E-state index contributed by atoms with van der Waals surface area (Å²) in [7, 11) is 1.29. The van der Waals surface area contributed by atoms with Crippen LogP contribution in [0.15, 0.2) is 5.51 Å². The van der Waals surface area contributed by atoms with Gasteiger partial charge in [0.15, 0.2) is 5.69 Å². The van der Waals surface area contributed by atoms with Crippen LogP contribution < -0.4 is 5.73 Å². The zero-order valence-corrected chi connectivity index (χ0v) is 8.14.